The molecule has 1 aromatic carbocycles. The lowest BCUT2D eigenvalue weighted by atomic mass is 9.95. The summed E-state index contributed by atoms with van der Waals surface area (Å²) >= 11 is 0. The molecule has 0 amide bonds. The van der Waals surface area contributed by atoms with Gasteiger partial charge in [-0.2, -0.15) is 4.98 Å². The summed E-state index contributed by atoms with van der Waals surface area (Å²) in [6.45, 7) is 2.28. The van der Waals surface area contributed by atoms with Crippen molar-refractivity contribution in [3.8, 4) is 0 Å². The Hall–Kier alpha value is -2.89. The van der Waals surface area contributed by atoms with E-state index >= 15 is 0 Å². The van der Waals surface area contributed by atoms with Gasteiger partial charge in [0.25, 0.3) is 5.56 Å². The number of pyridine rings is 1. The Labute approximate surface area is 170 Å². The van der Waals surface area contributed by atoms with Crippen LogP contribution in [0.1, 0.15) is 51.0 Å². The molecule has 2 aliphatic rings. The van der Waals surface area contributed by atoms with Crippen LogP contribution in [-0.2, 0) is 0 Å². The van der Waals surface area contributed by atoms with Gasteiger partial charge in [0.15, 0.2) is 0 Å². The second-order valence-corrected chi connectivity index (χ2v) is 8.17. The summed E-state index contributed by atoms with van der Waals surface area (Å²) in [6, 6.07) is 12.1. The first-order valence-corrected chi connectivity index (χ1v) is 10.8. The summed E-state index contributed by atoms with van der Waals surface area (Å²) in [4.78, 5) is 24.3. The first-order chi connectivity index (χ1) is 14.3. The van der Waals surface area contributed by atoms with Crippen molar-refractivity contribution in [2.45, 2.75) is 51.0 Å². The number of nitrogens with zero attached hydrogens (tertiary/aromatic N) is 4. The van der Waals surface area contributed by atoms with Crippen LogP contribution in [0.2, 0.25) is 0 Å². The van der Waals surface area contributed by atoms with E-state index in [4.69, 9.17) is 4.98 Å². The SMILES string of the molecule is O=c1ccc2cnc(Nc3ccc(N4CCCC4)cc3)nc2n1C1CCCCC1. The van der Waals surface area contributed by atoms with E-state index in [1.165, 1.54) is 37.8 Å². The third-order valence-corrected chi connectivity index (χ3v) is 6.20. The third-order valence-electron chi connectivity index (χ3n) is 6.20. The Morgan fingerprint density at radius 1 is 0.897 bits per heavy atom. The van der Waals surface area contributed by atoms with Gasteiger partial charge in [0.05, 0.1) is 0 Å². The van der Waals surface area contributed by atoms with E-state index < -0.39 is 0 Å². The quantitative estimate of drug-likeness (QED) is 0.704. The van der Waals surface area contributed by atoms with Crippen LogP contribution in [0.3, 0.4) is 0 Å². The van der Waals surface area contributed by atoms with Crippen LogP contribution >= 0.6 is 0 Å². The molecule has 3 heterocycles. The zero-order chi connectivity index (χ0) is 19.6. The summed E-state index contributed by atoms with van der Waals surface area (Å²) < 4.78 is 1.89. The highest BCUT2D eigenvalue weighted by Gasteiger charge is 2.19. The molecule has 2 aromatic heterocycles. The summed E-state index contributed by atoms with van der Waals surface area (Å²) in [7, 11) is 0. The largest absolute Gasteiger partial charge is 0.372 e. The Morgan fingerprint density at radius 2 is 1.66 bits per heavy atom. The van der Waals surface area contributed by atoms with Gasteiger partial charge in [0.2, 0.25) is 5.95 Å². The highest BCUT2D eigenvalue weighted by molar-refractivity contribution is 5.76. The molecule has 1 N–H and O–H groups in total. The lowest BCUT2D eigenvalue weighted by molar-refractivity contribution is 0.353. The molecule has 0 unspecified atom stereocenters. The van der Waals surface area contributed by atoms with Crippen LogP contribution in [0.5, 0.6) is 0 Å². The molecule has 150 valence electrons. The van der Waals surface area contributed by atoms with Gasteiger partial charge in [-0.15, -0.1) is 0 Å². The minimum atomic E-state index is 0.0315. The van der Waals surface area contributed by atoms with E-state index in [2.05, 4.69) is 39.5 Å². The van der Waals surface area contributed by atoms with E-state index in [0.29, 0.717) is 5.95 Å². The van der Waals surface area contributed by atoms with E-state index in [1.807, 2.05) is 16.8 Å². The lowest BCUT2D eigenvalue weighted by Crippen LogP contribution is -2.26. The fourth-order valence-corrected chi connectivity index (χ4v) is 4.65. The van der Waals surface area contributed by atoms with Gasteiger partial charge in [-0.3, -0.25) is 9.36 Å². The molecule has 5 rings (SSSR count). The first kappa shape index (κ1) is 18.2. The second-order valence-electron chi connectivity index (χ2n) is 8.17. The van der Waals surface area contributed by atoms with Crippen molar-refractivity contribution in [1.29, 1.82) is 0 Å². The van der Waals surface area contributed by atoms with Crippen molar-refractivity contribution in [3.05, 3.63) is 52.9 Å². The fourth-order valence-electron chi connectivity index (χ4n) is 4.65. The van der Waals surface area contributed by atoms with E-state index in [-0.39, 0.29) is 11.6 Å². The van der Waals surface area contributed by atoms with Crippen LogP contribution in [0, 0.1) is 0 Å². The van der Waals surface area contributed by atoms with Gasteiger partial charge in [-0.1, -0.05) is 19.3 Å². The van der Waals surface area contributed by atoms with Gasteiger partial charge in [-0.25, -0.2) is 4.98 Å². The second kappa shape index (κ2) is 7.85. The Kier molecular flexibility index (Phi) is 4.92. The molecule has 1 aliphatic heterocycles. The number of hydrogen-bond acceptors (Lipinski definition) is 5. The fraction of sp³-hybridized carbons (Fsp3) is 0.435. The number of nitrogens with one attached hydrogen (secondary N) is 1. The van der Waals surface area contributed by atoms with Crippen molar-refractivity contribution >= 4 is 28.4 Å². The summed E-state index contributed by atoms with van der Waals surface area (Å²) in [6.07, 6.45) is 10.0. The molecule has 0 radical (unpaired) electrons. The van der Waals surface area contributed by atoms with Crippen LogP contribution in [0.25, 0.3) is 11.0 Å². The van der Waals surface area contributed by atoms with Gasteiger partial charge in [-0.05, 0) is 56.0 Å². The minimum Gasteiger partial charge on any atom is -0.372 e. The molecule has 6 heteroatoms. The first-order valence-electron chi connectivity index (χ1n) is 10.8. The standard InChI is InChI=1S/C23H27N5O/c29-21-13-8-17-16-24-23(26-22(17)28(21)20-6-2-1-3-7-20)25-18-9-11-19(12-10-18)27-14-4-5-15-27/h8-13,16,20H,1-7,14-15H2,(H,24,25,26). The van der Waals surface area contributed by atoms with Crippen molar-refractivity contribution in [3.63, 3.8) is 0 Å². The molecule has 6 nitrogen and oxygen atoms in total. The highest BCUT2D eigenvalue weighted by Crippen LogP contribution is 2.29. The predicted octanol–water partition coefficient (Wildman–Crippen LogP) is 4.64. The van der Waals surface area contributed by atoms with Crippen molar-refractivity contribution in [2.24, 2.45) is 0 Å². The number of benzene rings is 1. The molecular weight excluding hydrogens is 362 g/mol. The molecule has 0 bridgehead atoms. The summed E-state index contributed by atoms with van der Waals surface area (Å²) in [5.41, 5.74) is 2.98. The molecule has 1 saturated heterocycles. The average Bonchev–Trinajstić information content (AvgIpc) is 3.30. The Morgan fingerprint density at radius 3 is 2.41 bits per heavy atom. The monoisotopic (exact) mass is 389 g/mol. The maximum absolute atomic E-state index is 12.6. The molecule has 1 saturated carbocycles. The zero-order valence-electron chi connectivity index (χ0n) is 16.7. The molecule has 0 atom stereocenters. The van der Waals surface area contributed by atoms with Gasteiger partial charge < -0.3 is 10.2 Å². The highest BCUT2D eigenvalue weighted by atomic mass is 16.1. The number of fused-ring (bicyclic) bond motifs is 1. The predicted molar refractivity (Wildman–Crippen MR) is 117 cm³/mol. The molecule has 1 aliphatic carbocycles. The van der Waals surface area contributed by atoms with Crippen molar-refractivity contribution < 1.29 is 0 Å². The van der Waals surface area contributed by atoms with E-state index in [1.54, 1.807) is 6.07 Å². The summed E-state index contributed by atoms with van der Waals surface area (Å²) in [5, 5.41) is 4.21. The number of hydrogen-bond donors (Lipinski definition) is 1. The Bertz CT molecular complexity index is 1050. The van der Waals surface area contributed by atoms with E-state index in [9.17, 15) is 4.79 Å². The zero-order valence-corrected chi connectivity index (χ0v) is 16.7. The average molecular weight is 390 g/mol. The molecule has 0 spiro atoms. The number of anilines is 3. The molecule has 2 fully saturated rings. The lowest BCUT2D eigenvalue weighted by Gasteiger charge is -2.25. The minimum absolute atomic E-state index is 0.0315. The van der Waals surface area contributed by atoms with Crippen LogP contribution in [-0.4, -0.2) is 27.6 Å². The van der Waals surface area contributed by atoms with Crippen molar-refractivity contribution in [1.82, 2.24) is 14.5 Å². The third kappa shape index (κ3) is 3.71. The van der Waals surface area contributed by atoms with Crippen molar-refractivity contribution in [2.75, 3.05) is 23.3 Å². The van der Waals surface area contributed by atoms with Gasteiger partial charge in [0.1, 0.15) is 5.65 Å². The topological polar surface area (TPSA) is 63.1 Å². The van der Waals surface area contributed by atoms with Gasteiger partial charge >= 0.3 is 0 Å². The van der Waals surface area contributed by atoms with E-state index in [0.717, 1.165) is 42.7 Å². The molecule has 29 heavy (non-hydrogen) atoms. The Balaban J connectivity index is 1.44. The van der Waals surface area contributed by atoms with Gasteiger partial charge in [0, 0.05) is 48.2 Å². The number of aromatic nitrogens is 3. The normalized spacial score (nSPS) is 17.7. The summed E-state index contributed by atoms with van der Waals surface area (Å²) in [5.74, 6) is 0.529. The molecule has 3 aromatic rings. The van der Waals surface area contributed by atoms with Crippen LogP contribution in [0.4, 0.5) is 17.3 Å². The maximum atomic E-state index is 12.6. The van der Waals surface area contributed by atoms with Crippen LogP contribution < -0.4 is 15.8 Å². The molecular formula is C23H27N5O. The maximum Gasteiger partial charge on any atom is 0.252 e. The number of rotatable bonds is 4. The van der Waals surface area contributed by atoms with Crippen LogP contribution in [0.15, 0.2) is 47.4 Å². The smallest absolute Gasteiger partial charge is 0.252 e.